The second kappa shape index (κ2) is 9.00. The van der Waals surface area contributed by atoms with Crippen LogP contribution in [-0.2, 0) is 8.85 Å². The number of hydrogen-bond acceptors (Lipinski definition) is 3. The van der Waals surface area contributed by atoms with Gasteiger partial charge in [0.15, 0.2) is 16.6 Å². The van der Waals surface area contributed by atoms with E-state index in [9.17, 15) is 0 Å². The monoisotopic (exact) mass is 389 g/mol. The molecule has 0 radical (unpaired) electrons. The molecule has 0 aromatic rings. The summed E-state index contributed by atoms with van der Waals surface area (Å²) in [6.07, 6.45) is 0.529. The molecule has 0 spiro atoms. The van der Waals surface area contributed by atoms with Gasteiger partial charge in [0.25, 0.3) is 0 Å². The van der Waals surface area contributed by atoms with E-state index in [1.165, 1.54) is 0 Å². The summed E-state index contributed by atoms with van der Waals surface area (Å²) in [6.45, 7) is 32.9. The minimum absolute atomic E-state index is 0.261. The van der Waals surface area contributed by atoms with Crippen LogP contribution in [0.15, 0.2) is 0 Å². The first-order valence-electron chi connectivity index (χ1n) is 10.0. The summed E-state index contributed by atoms with van der Waals surface area (Å²) in [7, 11) is -3.40. The molecular weight excluding hydrogens is 342 g/mol. The molecule has 25 heavy (non-hydrogen) atoms. The Kier molecular flexibility index (Phi) is 9.12. The van der Waals surface area contributed by atoms with Crippen LogP contribution < -0.4 is 0 Å². The highest BCUT2D eigenvalue weighted by molar-refractivity contribution is 6.74. The van der Waals surface area contributed by atoms with Gasteiger partial charge in [-0.15, -0.1) is 0 Å². The van der Waals surface area contributed by atoms with Crippen LogP contribution in [0.25, 0.3) is 0 Å². The van der Waals surface area contributed by atoms with Crippen LogP contribution in [0.2, 0.25) is 36.3 Å². The highest BCUT2D eigenvalue weighted by Gasteiger charge is 2.40. The molecule has 2 unspecified atom stereocenters. The second-order valence-corrected chi connectivity index (χ2v) is 20.2. The molecule has 0 amide bonds. The average molecular weight is 390 g/mol. The Labute approximate surface area is 161 Å². The van der Waals surface area contributed by atoms with Crippen molar-refractivity contribution < 1.29 is 8.85 Å². The molecule has 0 rings (SSSR count). The highest BCUT2D eigenvalue weighted by Crippen LogP contribution is 2.38. The van der Waals surface area contributed by atoms with E-state index in [0.717, 1.165) is 19.6 Å². The van der Waals surface area contributed by atoms with Gasteiger partial charge >= 0.3 is 0 Å². The maximum Gasteiger partial charge on any atom is 0.192 e. The smallest absolute Gasteiger partial charge is 0.192 e. The Hall–Kier alpha value is 0.314. The van der Waals surface area contributed by atoms with Crippen molar-refractivity contribution in [2.24, 2.45) is 0 Å². The number of hydrogen-bond donors (Lipinski definition) is 0. The molecule has 0 fully saturated rings. The molecule has 0 aliphatic rings. The number of rotatable bonds is 9. The summed E-state index contributed by atoms with van der Waals surface area (Å²) < 4.78 is 13.1. The van der Waals surface area contributed by atoms with Gasteiger partial charge in [-0.2, -0.15) is 0 Å². The second-order valence-electron chi connectivity index (χ2n) is 10.7. The Morgan fingerprint density at radius 2 is 1.00 bits per heavy atom. The molecule has 0 saturated carbocycles. The highest BCUT2D eigenvalue weighted by atomic mass is 28.4. The van der Waals surface area contributed by atoms with Crippen LogP contribution in [0.4, 0.5) is 0 Å². The van der Waals surface area contributed by atoms with Gasteiger partial charge in [0.05, 0.1) is 12.2 Å². The Morgan fingerprint density at radius 1 is 0.720 bits per heavy atom. The Balaban J connectivity index is 4.71. The summed E-state index contributed by atoms with van der Waals surface area (Å²) in [4.78, 5) is 2.48. The maximum absolute atomic E-state index is 6.54. The largest absolute Gasteiger partial charge is 0.413 e. The minimum Gasteiger partial charge on any atom is -0.413 e. The van der Waals surface area contributed by atoms with Crippen molar-refractivity contribution in [3.05, 3.63) is 0 Å². The predicted molar refractivity (Wildman–Crippen MR) is 118 cm³/mol. The molecule has 0 aliphatic carbocycles. The zero-order valence-electron chi connectivity index (χ0n) is 19.5. The van der Waals surface area contributed by atoms with Gasteiger partial charge in [-0.05, 0) is 56.7 Å². The molecule has 5 heteroatoms. The maximum atomic E-state index is 6.54. The summed E-state index contributed by atoms with van der Waals surface area (Å²) in [5, 5.41) is 0.522. The first-order chi connectivity index (χ1) is 10.9. The normalized spacial score (nSPS) is 17.0. The molecule has 0 bridgehead atoms. The topological polar surface area (TPSA) is 21.7 Å². The summed E-state index contributed by atoms with van der Waals surface area (Å²) in [6, 6.07) is 0. The van der Waals surface area contributed by atoms with E-state index < -0.39 is 16.6 Å². The van der Waals surface area contributed by atoms with Crippen LogP contribution in [0, 0.1) is 0 Å². The van der Waals surface area contributed by atoms with Gasteiger partial charge < -0.3 is 8.85 Å². The zero-order valence-corrected chi connectivity index (χ0v) is 21.5. The van der Waals surface area contributed by atoms with Crippen molar-refractivity contribution >= 4 is 16.6 Å². The van der Waals surface area contributed by atoms with Crippen molar-refractivity contribution in [3.63, 3.8) is 0 Å². The van der Waals surface area contributed by atoms with E-state index in [1.807, 2.05) is 0 Å². The van der Waals surface area contributed by atoms with E-state index in [0.29, 0.717) is 0 Å². The minimum atomic E-state index is -1.70. The molecule has 0 heterocycles. The van der Waals surface area contributed by atoms with E-state index in [-0.39, 0.29) is 22.3 Å². The lowest BCUT2D eigenvalue weighted by Crippen LogP contribution is -2.49. The fraction of sp³-hybridized carbons (Fsp3) is 1.00. The quantitative estimate of drug-likeness (QED) is 0.443. The third kappa shape index (κ3) is 8.25. The number of nitrogens with zero attached hydrogens (tertiary/aromatic N) is 1. The van der Waals surface area contributed by atoms with Gasteiger partial charge in [-0.1, -0.05) is 48.5 Å². The van der Waals surface area contributed by atoms with E-state index in [4.69, 9.17) is 8.85 Å². The molecule has 0 saturated heterocycles. The lowest BCUT2D eigenvalue weighted by molar-refractivity contribution is 0.0945. The molecule has 3 nitrogen and oxygen atoms in total. The summed E-state index contributed by atoms with van der Waals surface area (Å²) >= 11 is 0. The third-order valence-electron chi connectivity index (χ3n) is 6.08. The molecule has 0 aromatic heterocycles. The number of likely N-dealkylation sites (N-methyl/N-ethyl adjacent to an activating group) is 1. The first-order valence-corrected chi connectivity index (χ1v) is 15.8. The van der Waals surface area contributed by atoms with Crippen LogP contribution in [0.1, 0.15) is 62.3 Å². The van der Waals surface area contributed by atoms with Crippen molar-refractivity contribution in [1.82, 2.24) is 4.90 Å². The molecule has 152 valence electrons. The van der Waals surface area contributed by atoms with Crippen molar-refractivity contribution in [3.8, 4) is 0 Å². The van der Waals surface area contributed by atoms with Crippen molar-refractivity contribution in [2.45, 2.75) is 111 Å². The SMILES string of the molecule is CCN(CC(C)O[Si](C)(C)C(C)(C)C)CC(C)O[Si](C)(C)C(C)(C)C. The lowest BCUT2D eigenvalue weighted by Gasteiger charge is -2.41. The van der Waals surface area contributed by atoms with Crippen LogP contribution in [0.5, 0.6) is 0 Å². The standard InChI is InChI=1S/C20H47NO2Si2/c1-14-21(15-17(2)22-24(10,11)19(4,5)6)16-18(3)23-25(12,13)20(7,8)9/h17-18H,14-16H2,1-13H3. The predicted octanol–water partition coefficient (Wildman–Crippen LogP) is 6.13. The van der Waals surface area contributed by atoms with Crippen LogP contribution >= 0.6 is 0 Å². The Morgan fingerprint density at radius 3 is 1.20 bits per heavy atom. The molecule has 0 N–H and O–H groups in total. The van der Waals surface area contributed by atoms with Gasteiger partial charge in [0.2, 0.25) is 0 Å². The van der Waals surface area contributed by atoms with Crippen LogP contribution in [-0.4, -0.2) is 53.4 Å². The van der Waals surface area contributed by atoms with Gasteiger partial charge in [-0.25, -0.2) is 0 Å². The fourth-order valence-corrected chi connectivity index (χ4v) is 5.36. The summed E-state index contributed by atoms with van der Waals surface area (Å²) in [5.41, 5.74) is 0. The van der Waals surface area contributed by atoms with E-state index in [2.05, 4.69) is 93.4 Å². The van der Waals surface area contributed by atoms with E-state index in [1.54, 1.807) is 0 Å². The van der Waals surface area contributed by atoms with E-state index >= 15 is 0 Å². The van der Waals surface area contributed by atoms with Gasteiger partial charge in [-0.3, -0.25) is 4.90 Å². The van der Waals surface area contributed by atoms with Crippen molar-refractivity contribution in [1.29, 1.82) is 0 Å². The summed E-state index contributed by atoms with van der Waals surface area (Å²) in [5.74, 6) is 0. The molecule has 0 aromatic carbocycles. The third-order valence-corrected chi connectivity index (χ3v) is 15.3. The molecule has 2 atom stereocenters. The molecular formula is C20H47NO2Si2. The molecule has 0 aliphatic heterocycles. The van der Waals surface area contributed by atoms with Gasteiger partial charge in [0.1, 0.15) is 0 Å². The fourth-order valence-electron chi connectivity index (χ4n) is 2.49. The van der Waals surface area contributed by atoms with Crippen LogP contribution in [0.3, 0.4) is 0 Å². The average Bonchev–Trinajstić information content (AvgIpc) is 2.33. The lowest BCUT2D eigenvalue weighted by atomic mass is 10.2. The van der Waals surface area contributed by atoms with Crippen molar-refractivity contribution in [2.75, 3.05) is 19.6 Å². The zero-order chi connectivity index (χ0) is 20.3. The Bertz CT molecular complexity index is 361. The van der Waals surface area contributed by atoms with Gasteiger partial charge in [0, 0.05) is 13.1 Å². The first kappa shape index (κ1) is 25.3.